The molecular weight excluding hydrogens is 390 g/mol. The van der Waals surface area contributed by atoms with E-state index in [9.17, 15) is 0 Å². The Morgan fingerprint density at radius 3 is 2.50 bits per heavy atom. The lowest BCUT2D eigenvalue weighted by molar-refractivity contribution is 0.415. The van der Waals surface area contributed by atoms with E-state index in [4.69, 9.17) is 4.74 Å². The van der Waals surface area contributed by atoms with Crippen LogP contribution in [0.5, 0.6) is 5.75 Å². The van der Waals surface area contributed by atoms with Crippen LogP contribution in [-0.4, -0.2) is 16.7 Å². The maximum Gasteiger partial charge on any atom is 0.119 e. The van der Waals surface area contributed by atoms with Crippen molar-refractivity contribution < 1.29 is 4.74 Å². The molecule has 4 nitrogen and oxygen atoms in total. The second kappa shape index (κ2) is 7.22. The summed E-state index contributed by atoms with van der Waals surface area (Å²) in [6.45, 7) is 0.776. The molecule has 4 rings (SSSR count). The molecule has 0 radical (unpaired) electrons. The van der Waals surface area contributed by atoms with Crippen LogP contribution in [-0.2, 0) is 6.54 Å². The number of methoxy groups -OCH3 is 1. The largest absolute Gasteiger partial charge is 0.497 e. The topological polar surface area (TPSA) is 39.1 Å². The number of hydrogen-bond acceptors (Lipinski definition) is 3. The molecule has 0 bridgehead atoms. The third-order valence-electron chi connectivity index (χ3n) is 4.31. The number of hydrogen-bond donors (Lipinski definition) is 1. The molecule has 0 saturated carbocycles. The van der Waals surface area contributed by atoms with Crippen molar-refractivity contribution in [1.82, 2.24) is 9.55 Å². The van der Waals surface area contributed by atoms with Gasteiger partial charge in [0.25, 0.3) is 0 Å². The Bertz CT molecular complexity index is 1020. The molecule has 0 fully saturated rings. The van der Waals surface area contributed by atoms with Crippen molar-refractivity contribution in [1.29, 1.82) is 0 Å². The minimum absolute atomic E-state index is 0.776. The summed E-state index contributed by atoms with van der Waals surface area (Å²) in [7, 11) is 1.67. The van der Waals surface area contributed by atoms with Crippen LogP contribution < -0.4 is 10.1 Å². The van der Waals surface area contributed by atoms with Gasteiger partial charge in [0.1, 0.15) is 12.1 Å². The first kappa shape index (κ1) is 16.7. The Balaban J connectivity index is 1.55. The van der Waals surface area contributed by atoms with Crippen molar-refractivity contribution in [2.24, 2.45) is 0 Å². The second-order valence-corrected chi connectivity index (χ2v) is 6.91. The Labute approximate surface area is 160 Å². The van der Waals surface area contributed by atoms with E-state index in [1.54, 1.807) is 7.11 Å². The molecule has 26 heavy (non-hydrogen) atoms. The monoisotopic (exact) mass is 407 g/mol. The van der Waals surface area contributed by atoms with Gasteiger partial charge in [0.05, 0.1) is 18.1 Å². The Kier molecular flexibility index (Phi) is 4.63. The molecule has 4 aromatic rings. The van der Waals surface area contributed by atoms with Crippen LogP contribution in [0.2, 0.25) is 0 Å². The van der Waals surface area contributed by atoms with Gasteiger partial charge in [0.15, 0.2) is 0 Å². The lowest BCUT2D eigenvalue weighted by atomic mass is 10.2. The maximum atomic E-state index is 5.22. The van der Waals surface area contributed by atoms with Crippen LogP contribution in [0.4, 0.5) is 5.69 Å². The van der Waals surface area contributed by atoms with Gasteiger partial charge in [-0.05, 0) is 60.2 Å². The van der Waals surface area contributed by atoms with E-state index in [-0.39, 0.29) is 0 Å². The summed E-state index contributed by atoms with van der Waals surface area (Å²) in [5, 5.41) is 3.46. The summed E-state index contributed by atoms with van der Waals surface area (Å²) in [5.74, 6) is 0.845. The average Bonchev–Trinajstić information content (AvgIpc) is 3.11. The van der Waals surface area contributed by atoms with Crippen molar-refractivity contribution >= 4 is 32.7 Å². The average molecular weight is 408 g/mol. The maximum absolute atomic E-state index is 5.22. The highest BCUT2D eigenvalue weighted by molar-refractivity contribution is 9.10. The summed E-state index contributed by atoms with van der Waals surface area (Å²) in [6.07, 6.45) is 1.85. The molecule has 0 aliphatic rings. The molecule has 0 aliphatic heterocycles. The molecule has 0 atom stereocenters. The summed E-state index contributed by atoms with van der Waals surface area (Å²) in [4.78, 5) is 4.55. The minimum atomic E-state index is 0.776. The fourth-order valence-corrected chi connectivity index (χ4v) is 3.14. The second-order valence-electron chi connectivity index (χ2n) is 6.00. The van der Waals surface area contributed by atoms with Crippen LogP contribution in [0, 0.1) is 0 Å². The van der Waals surface area contributed by atoms with Gasteiger partial charge < -0.3 is 10.1 Å². The van der Waals surface area contributed by atoms with E-state index in [1.807, 2.05) is 30.6 Å². The molecule has 1 aromatic heterocycles. The van der Waals surface area contributed by atoms with Gasteiger partial charge >= 0.3 is 0 Å². The zero-order valence-corrected chi connectivity index (χ0v) is 15.9. The molecule has 0 spiro atoms. The number of benzene rings is 3. The highest BCUT2D eigenvalue weighted by Crippen LogP contribution is 2.23. The van der Waals surface area contributed by atoms with Gasteiger partial charge in [0, 0.05) is 22.4 Å². The smallest absolute Gasteiger partial charge is 0.119 e. The van der Waals surface area contributed by atoms with Crippen molar-refractivity contribution in [2.75, 3.05) is 12.4 Å². The number of ether oxygens (including phenoxy) is 1. The lowest BCUT2D eigenvalue weighted by Gasteiger charge is -2.08. The summed E-state index contributed by atoms with van der Waals surface area (Å²) >= 11 is 3.46. The molecule has 3 aromatic carbocycles. The number of fused-ring (bicyclic) bond motifs is 1. The van der Waals surface area contributed by atoms with E-state index in [0.29, 0.717) is 0 Å². The van der Waals surface area contributed by atoms with E-state index in [2.05, 4.69) is 73.3 Å². The quantitative estimate of drug-likeness (QED) is 0.480. The van der Waals surface area contributed by atoms with Gasteiger partial charge in [0.2, 0.25) is 0 Å². The summed E-state index contributed by atoms with van der Waals surface area (Å²) in [5.41, 5.74) is 5.38. The van der Waals surface area contributed by atoms with Crippen LogP contribution in [0.1, 0.15) is 5.56 Å². The molecule has 1 heterocycles. The Morgan fingerprint density at radius 2 is 1.77 bits per heavy atom. The van der Waals surface area contributed by atoms with E-state index in [1.165, 1.54) is 5.56 Å². The first-order valence-corrected chi connectivity index (χ1v) is 9.12. The molecule has 0 aliphatic carbocycles. The first-order chi connectivity index (χ1) is 12.7. The standard InChI is InChI=1S/C21H18BrN3O/c1-26-19-9-7-18(8-10-19)25-14-24-20-12-17(6-11-21(20)25)23-13-15-2-4-16(22)5-3-15/h2-12,14,23H,13H2,1H3. The predicted octanol–water partition coefficient (Wildman–Crippen LogP) is 5.41. The Hall–Kier alpha value is -2.79. The highest BCUT2D eigenvalue weighted by Gasteiger charge is 2.06. The van der Waals surface area contributed by atoms with Crippen molar-refractivity contribution in [2.45, 2.75) is 6.54 Å². The predicted molar refractivity (Wildman–Crippen MR) is 109 cm³/mol. The zero-order chi connectivity index (χ0) is 17.9. The number of anilines is 1. The third-order valence-corrected chi connectivity index (χ3v) is 4.84. The molecule has 1 N–H and O–H groups in total. The molecule has 0 unspecified atom stereocenters. The lowest BCUT2D eigenvalue weighted by Crippen LogP contribution is -1.99. The summed E-state index contributed by atoms with van der Waals surface area (Å²) < 4.78 is 8.39. The van der Waals surface area contributed by atoms with Crippen molar-refractivity contribution in [3.05, 3.63) is 83.1 Å². The Morgan fingerprint density at radius 1 is 1.00 bits per heavy atom. The molecular formula is C21H18BrN3O. The van der Waals surface area contributed by atoms with Gasteiger partial charge in [-0.2, -0.15) is 0 Å². The molecule has 130 valence electrons. The molecule has 0 amide bonds. The molecule has 5 heteroatoms. The number of nitrogens with one attached hydrogen (secondary N) is 1. The molecule has 0 saturated heterocycles. The van der Waals surface area contributed by atoms with Crippen LogP contribution in [0.15, 0.2) is 77.5 Å². The number of halogens is 1. The highest BCUT2D eigenvalue weighted by atomic mass is 79.9. The van der Waals surface area contributed by atoms with Gasteiger partial charge in [-0.25, -0.2) is 4.98 Å². The number of rotatable bonds is 5. The fourth-order valence-electron chi connectivity index (χ4n) is 2.88. The fraction of sp³-hybridized carbons (Fsp3) is 0.0952. The minimum Gasteiger partial charge on any atom is -0.497 e. The van der Waals surface area contributed by atoms with Crippen molar-refractivity contribution in [3.8, 4) is 11.4 Å². The zero-order valence-electron chi connectivity index (χ0n) is 14.3. The van der Waals surface area contributed by atoms with Crippen LogP contribution in [0.3, 0.4) is 0 Å². The number of aromatic nitrogens is 2. The number of nitrogens with zero attached hydrogens (tertiary/aromatic N) is 2. The summed E-state index contributed by atoms with van der Waals surface area (Å²) in [6, 6.07) is 22.5. The van der Waals surface area contributed by atoms with Crippen LogP contribution in [0.25, 0.3) is 16.7 Å². The number of imidazole rings is 1. The van der Waals surface area contributed by atoms with Gasteiger partial charge in [-0.15, -0.1) is 0 Å². The van der Waals surface area contributed by atoms with Gasteiger partial charge in [-0.1, -0.05) is 28.1 Å². The van der Waals surface area contributed by atoms with E-state index < -0.39 is 0 Å². The normalized spacial score (nSPS) is 10.8. The van der Waals surface area contributed by atoms with E-state index in [0.717, 1.165) is 39.2 Å². The third kappa shape index (κ3) is 3.44. The van der Waals surface area contributed by atoms with Gasteiger partial charge in [-0.3, -0.25) is 4.57 Å². The van der Waals surface area contributed by atoms with Crippen LogP contribution >= 0.6 is 15.9 Å². The van der Waals surface area contributed by atoms with E-state index >= 15 is 0 Å². The first-order valence-electron chi connectivity index (χ1n) is 8.33. The SMILES string of the molecule is COc1ccc(-n2cnc3cc(NCc4ccc(Br)cc4)ccc32)cc1. The van der Waals surface area contributed by atoms with Crippen molar-refractivity contribution in [3.63, 3.8) is 0 Å².